The van der Waals surface area contributed by atoms with Crippen molar-refractivity contribution < 1.29 is 9.84 Å². The highest BCUT2D eigenvalue weighted by Crippen LogP contribution is 2.29. The molecule has 0 aliphatic heterocycles. The lowest BCUT2D eigenvalue weighted by Gasteiger charge is -2.20. The Kier molecular flexibility index (Phi) is 4.65. The van der Waals surface area contributed by atoms with Crippen molar-refractivity contribution in [1.82, 2.24) is 5.32 Å². The standard InChI is InChI=1S/C15H21NO2/c1-2-18-14-10-6-7-12(15(14)17)11-16-13-8-4-3-5-9-13/h3-4,6-7,10,13,16-17H,2,5,8-9,11H2,1H3. The van der Waals surface area contributed by atoms with E-state index in [4.69, 9.17) is 4.74 Å². The summed E-state index contributed by atoms with van der Waals surface area (Å²) in [6.07, 6.45) is 7.83. The third kappa shape index (κ3) is 3.26. The van der Waals surface area contributed by atoms with Gasteiger partial charge in [0.15, 0.2) is 11.5 Å². The summed E-state index contributed by atoms with van der Waals surface area (Å²) in [6.45, 7) is 3.17. The van der Waals surface area contributed by atoms with Gasteiger partial charge in [-0.3, -0.25) is 0 Å². The summed E-state index contributed by atoms with van der Waals surface area (Å²) in [5.74, 6) is 0.832. The molecule has 0 fully saturated rings. The van der Waals surface area contributed by atoms with E-state index in [1.54, 1.807) is 6.07 Å². The summed E-state index contributed by atoms with van der Waals surface area (Å²) < 4.78 is 5.38. The van der Waals surface area contributed by atoms with Crippen LogP contribution in [0.5, 0.6) is 11.5 Å². The lowest BCUT2D eigenvalue weighted by molar-refractivity contribution is 0.316. The van der Waals surface area contributed by atoms with E-state index in [0.29, 0.717) is 24.9 Å². The van der Waals surface area contributed by atoms with Gasteiger partial charge >= 0.3 is 0 Å². The Morgan fingerprint density at radius 1 is 1.39 bits per heavy atom. The SMILES string of the molecule is CCOc1cccc(CNC2CC=CCC2)c1O. The van der Waals surface area contributed by atoms with Crippen LogP contribution in [0.4, 0.5) is 0 Å². The van der Waals surface area contributed by atoms with Crippen LogP contribution in [0.25, 0.3) is 0 Å². The monoisotopic (exact) mass is 247 g/mol. The maximum atomic E-state index is 10.1. The van der Waals surface area contributed by atoms with Gasteiger partial charge in [-0.05, 0) is 32.3 Å². The largest absolute Gasteiger partial charge is 0.504 e. The number of hydrogen-bond donors (Lipinski definition) is 2. The van der Waals surface area contributed by atoms with Crippen LogP contribution in [0.15, 0.2) is 30.4 Å². The Morgan fingerprint density at radius 2 is 2.28 bits per heavy atom. The van der Waals surface area contributed by atoms with Crippen molar-refractivity contribution in [2.75, 3.05) is 6.61 Å². The number of ether oxygens (including phenoxy) is 1. The highest BCUT2D eigenvalue weighted by molar-refractivity contribution is 5.45. The van der Waals surface area contributed by atoms with Crippen LogP contribution in [0.1, 0.15) is 31.7 Å². The third-order valence-corrected chi connectivity index (χ3v) is 3.23. The summed E-state index contributed by atoms with van der Waals surface area (Å²) >= 11 is 0. The molecule has 2 rings (SSSR count). The summed E-state index contributed by atoms with van der Waals surface area (Å²) in [5.41, 5.74) is 0.899. The van der Waals surface area contributed by atoms with E-state index in [1.165, 1.54) is 6.42 Å². The number of hydrogen-bond acceptors (Lipinski definition) is 3. The molecule has 1 aliphatic carbocycles. The molecule has 0 amide bonds. The van der Waals surface area contributed by atoms with Gasteiger partial charge in [0.25, 0.3) is 0 Å². The predicted molar refractivity (Wildman–Crippen MR) is 72.9 cm³/mol. The molecular weight excluding hydrogens is 226 g/mol. The van der Waals surface area contributed by atoms with Gasteiger partial charge in [-0.25, -0.2) is 0 Å². The number of para-hydroxylation sites is 1. The molecule has 0 bridgehead atoms. The molecule has 2 N–H and O–H groups in total. The zero-order valence-electron chi connectivity index (χ0n) is 10.9. The van der Waals surface area contributed by atoms with E-state index in [0.717, 1.165) is 18.4 Å². The van der Waals surface area contributed by atoms with Crippen LogP contribution < -0.4 is 10.1 Å². The Balaban J connectivity index is 1.96. The molecule has 0 heterocycles. The first-order valence-corrected chi connectivity index (χ1v) is 6.63. The number of allylic oxidation sites excluding steroid dienone is 1. The molecule has 0 saturated carbocycles. The third-order valence-electron chi connectivity index (χ3n) is 3.23. The average molecular weight is 247 g/mol. The second-order valence-corrected chi connectivity index (χ2v) is 4.56. The molecule has 1 atom stereocenters. The van der Waals surface area contributed by atoms with Gasteiger partial charge < -0.3 is 15.2 Å². The number of phenols is 1. The lowest BCUT2D eigenvalue weighted by atomic mass is 10.0. The van der Waals surface area contributed by atoms with Gasteiger partial charge in [0, 0.05) is 18.2 Å². The fourth-order valence-corrected chi connectivity index (χ4v) is 2.22. The Bertz CT molecular complexity index is 415. The predicted octanol–water partition coefficient (Wildman–Crippen LogP) is 2.99. The van der Waals surface area contributed by atoms with Gasteiger partial charge in [-0.15, -0.1) is 0 Å². The first-order chi connectivity index (χ1) is 8.81. The zero-order valence-corrected chi connectivity index (χ0v) is 10.9. The normalized spacial score (nSPS) is 18.8. The van der Waals surface area contributed by atoms with Crippen molar-refractivity contribution in [3.8, 4) is 11.5 Å². The fourth-order valence-electron chi connectivity index (χ4n) is 2.22. The Labute approximate surface area is 108 Å². The number of nitrogens with one attached hydrogen (secondary N) is 1. The minimum absolute atomic E-state index is 0.262. The molecule has 1 aliphatic rings. The van der Waals surface area contributed by atoms with Crippen LogP contribution in [-0.2, 0) is 6.54 Å². The first-order valence-electron chi connectivity index (χ1n) is 6.63. The topological polar surface area (TPSA) is 41.5 Å². The summed E-state index contributed by atoms with van der Waals surface area (Å²) in [5, 5.41) is 13.6. The molecule has 0 saturated heterocycles. The highest BCUT2D eigenvalue weighted by Gasteiger charge is 2.12. The molecule has 0 aromatic heterocycles. The summed E-state index contributed by atoms with van der Waals surface area (Å²) in [7, 11) is 0. The molecular formula is C15H21NO2. The molecule has 98 valence electrons. The molecule has 1 aromatic carbocycles. The van der Waals surface area contributed by atoms with Crippen molar-refractivity contribution in [2.24, 2.45) is 0 Å². The van der Waals surface area contributed by atoms with Crippen molar-refractivity contribution in [2.45, 2.75) is 38.8 Å². The molecule has 3 heteroatoms. The minimum atomic E-state index is 0.262. The fraction of sp³-hybridized carbons (Fsp3) is 0.467. The van der Waals surface area contributed by atoms with Gasteiger partial charge in [0.1, 0.15) is 0 Å². The van der Waals surface area contributed by atoms with Crippen LogP contribution in [-0.4, -0.2) is 17.8 Å². The smallest absolute Gasteiger partial charge is 0.162 e. The molecule has 18 heavy (non-hydrogen) atoms. The zero-order chi connectivity index (χ0) is 12.8. The molecule has 1 aromatic rings. The van der Waals surface area contributed by atoms with Crippen molar-refractivity contribution in [3.05, 3.63) is 35.9 Å². The molecule has 1 unspecified atom stereocenters. The number of aromatic hydroxyl groups is 1. The Morgan fingerprint density at radius 3 is 3.00 bits per heavy atom. The second kappa shape index (κ2) is 6.45. The lowest BCUT2D eigenvalue weighted by Crippen LogP contribution is -2.29. The molecule has 0 spiro atoms. The highest BCUT2D eigenvalue weighted by atomic mass is 16.5. The van der Waals surface area contributed by atoms with E-state index < -0.39 is 0 Å². The Hall–Kier alpha value is -1.48. The van der Waals surface area contributed by atoms with E-state index in [1.807, 2.05) is 19.1 Å². The number of benzene rings is 1. The van der Waals surface area contributed by atoms with Crippen LogP contribution in [0.3, 0.4) is 0 Å². The summed E-state index contributed by atoms with van der Waals surface area (Å²) in [4.78, 5) is 0. The van der Waals surface area contributed by atoms with Crippen molar-refractivity contribution in [3.63, 3.8) is 0 Å². The van der Waals surface area contributed by atoms with Crippen LogP contribution in [0, 0.1) is 0 Å². The van der Waals surface area contributed by atoms with Crippen LogP contribution in [0.2, 0.25) is 0 Å². The first kappa shape index (κ1) is 13.0. The summed E-state index contributed by atoms with van der Waals surface area (Å²) in [6, 6.07) is 6.17. The number of rotatable bonds is 5. The average Bonchev–Trinajstić information content (AvgIpc) is 2.41. The molecule has 0 radical (unpaired) electrons. The van der Waals surface area contributed by atoms with E-state index in [2.05, 4.69) is 17.5 Å². The molecule has 3 nitrogen and oxygen atoms in total. The van der Waals surface area contributed by atoms with E-state index in [-0.39, 0.29) is 5.75 Å². The van der Waals surface area contributed by atoms with Crippen molar-refractivity contribution >= 4 is 0 Å². The quantitative estimate of drug-likeness (QED) is 0.786. The van der Waals surface area contributed by atoms with Gasteiger partial charge in [-0.1, -0.05) is 24.3 Å². The minimum Gasteiger partial charge on any atom is -0.504 e. The number of phenolic OH excluding ortho intramolecular Hbond substituents is 1. The van der Waals surface area contributed by atoms with Crippen LogP contribution >= 0.6 is 0 Å². The maximum Gasteiger partial charge on any atom is 0.162 e. The van der Waals surface area contributed by atoms with Gasteiger partial charge in [0.05, 0.1) is 6.61 Å². The van der Waals surface area contributed by atoms with Gasteiger partial charge in [0.2, 0.25) is 0 Å². The van der Waals surface area contributed by atoms with Gasteiger partial charge in [-0.2, -0.15) is 0 Å². The maximum absolute atomic E-state index is 10.1. The van der Waals surface area contributed by atoms with E-state index >= 15 is 0 Å². The van der Waals surface area contributed by atoms with Crippen molar-refractivity contribution in [1.29, 1.82) is 0 Å². The van der Waals surface area contributed by atoms with E-state index in [9.17, 15) is 5.11 Å². The second-order valence-electron chi connectivity index (χ2n) is 4.56.